The minimum Gasteiger partial charge on any atom is -0.352 e. The van der Waals surface area contributed by atoms with Gasteiger partial charge in [-0.3, -0.25) is 4.79 Å². The van der Waals surface area contributed by atoms with E-state index in [0.717, 1.165) is 6.42 Å². The van der Waals surface area contributed by atoms with Crippen LogP contribution in [0.25, 0.3) is 0 Å². The number of halogens is 2. The van der Waals surface area contributed by atoms with Gasteiger partial charge >= 0.3 is 0 Å². The minimum absolute atomic E-state index is 0.147. The lowest BCUT2D eigenvalue weighted by Gasteiger charge is -2.28. The van der Waals surface area contributed by atoms with E-state index < -0.39 is 0 Å². The summed E-state index contributed by atoms with van der Waals surface area (Å²) in [6.07, 6.45) is 2.42. The van der Waals surface area contributed by atoms with Crippen molar-refractivity contribution in [2.45, 2.75) is 27.2 Å². The Kier molecular flexibility index (Phi) is 4.86. The molecule has 1 saturated heterocycles. The van der Waals surface area contributed by atoms with Gasteiger partial charge in [0.05, 0.1) is 0 Å². The molecular formula is C15H21BrFN3O. The van der Waals surface area contributed by atoms with E-state index in [2.05, 4.69) is 20.9 Å². The molecule has 1 aromatic heterocycles. The maximum Gasteiger partial charge on any atom is 0.228 e. The second-order valence-electron chi connectivity index (χ2n) is 6.34. The number of carbonyl (C=O) groups excluding carboxylic acids is 1. The first-order valence-electron chi connectivity index (χ1n) is 7.14. The van der Waals surface area contributed by atoms with Crippen LogP contribution in [-0.2, 0) is 4.79 Å². The Labute approximate surface area is 133 Å². The van der Waals surface area contributed by atoms with Crippen LogP contribution in [0.3, 0.4) is 0 Å². The molecule has 21 heavy (non-hydrogen) atoms. The second kappa shape index (κ2) is 6.30. The van der Waals surface area contributed by atoms with Crippen molar-refractivity contribution in [2.24, 2.45) is 5.41 Å². The third-order valence-corrected chi connectivity index (χ3v) is 3.95. The van der Waals surface area contributed by atoms with Gasteiger partial charge in [-0.05, 0) is 28.4 Å². The quantitative estimate of drug-likeness (QED) is 0.774. The van der Waals surface area contributed by atoms with Crippen molar-refractivity contribution in [3.63, 3.8) is 0 Å². The topological polar surface area (TPSA) is 36.4 Å². The standard InChI is InChI=1S/C15H21BrFN3O/c1-15(2,3)14(21)20-6-4-5-19(7-8-20)13-12(17)9-11(16)10-18-13/h9-10H,4-8H2,1-3H3. The number of rotatable bonds is 1. The maximum absolute atomic E-state index is 14.0. The third kappa shape index (κ3) is 3.93. The summed E-state index contributed by atoms with van der Waals surface area (Å²) in [5.41, 5.74) is -0.379. The van der Waals surface area contributed by atoms with E-state index in [0.29, 0.717) is 36.5 Å². The van der Waals surface area contributed by atoms with E-state index in [1.54, 1.807) is 6.20 Å². The lowest BCUT2D eigenvalue weighted by molar-refractivity contribution is -0.139. The van der Waals surface area contributed by atoms with Gasteiger partial charge in [0.2, 0.25) is 5.91 Å². The molecule has 1 fully saturated rings. The van der Waals surface area contributed by atoms with E-state index in [4.69, 9.17) is 0 Å². The molecule has 116 valence electrons. The summed E-state index contributed by atoms with van der Waals surface area (Å²) in [4.78, 5) is 20.3. The van der Waals surface area contributed by atoms with Crippen molar-refractivity contribution in [1.29, 1.82) is 0 Å². The maximum atomic E-state index is 14.0. The van der Waals surface area contributed by atoms with Crippen LogP contribution in [0.5, 0.6) is 0 Å². The summed E-state index contributed by atoms with van der Waals surface area (Å²) in [6.45, 7) is 8.40. The Morgan fingerprint density at radius 1 is 1.29 bits per heavy atom. The van der Waals surface area contributed by atoms with Crippen LogP contribution in [0, 0.1) is 11.2 Å². The van der Waals surface area contributed by atoms with Gasteiger partial charge < -0.3 is 9.80 Å². The summed E-state index contributed by atoms with van der Waals surface area (Å²) in [5.74, 6) is 0.178. The lowest BCUT2D eigenvalue weighted by atomic mass is 9.94. The van der Waals surface area contributed by atoms with Gasteiger partial charge in [-0.2, -0.15) is 0 Å². The molecule has 0 atom stereocenters. The summed E-state index contributed by atoms with van der Waals surface area (Å²) in [5, 5.41) is 0. The zero-order valence-electron chi connectivity index (χ0n) is 12.7. The molecule has 0 saturated carbocycles. The van der Waals surface area contributed by atoms with Crippen LogP contribution >= 0.6 is 15.9 Å². The molecule has 2 heterocycles. The molecule has 0 aliphatic carbocycles. The summed E-state index contributed by atoms with van der Waals surface area (Å²) >= 11 is 3.21. The third-order valence-electron chi connectivity index (χ3n) is 3.51. The number of amides is 1. The van der Waals surface area contributed by atoms with Crippen LogP contribution in [0.15, 0.2) is 16.7 Å². The van der Waals surface area contributed by atoms with Crippen molar-refractivity contribution in [3.05, 3.63) is 22.6 Å². The number of anilines is 1. The molecular weight excluding hydrogens is 337 g/mol. The fraction of sp³-hybridized carbons (Fsp3) is 0.600. The Morgan fingerprint density at radius 2 is 2.00 bits per heavy atom. The minimum atomic E-state index is -0.379. The van der Waals surface area contributed by atoms with Crippen LogP contribution in [0.2, 0.25) is 0 Å². The Bertz CT molecular complexity index is 530. The van der Waals surface area contributed by atoms with Crippen LogP contribution in [0.1, 0.15) is 27.2 Å². The average molecular weight is 358 g/mol. The average Bonchev–Trinajstić information content (AvgIpc) is 2.62. The molecule has 4 nitrogen and oxygen atoms in total. The first-order chi connectivity index (χ1) is 9.79. The molecule has 0 unspecified atom stereocenters. The fourth-order valence-electron chi connectivity index (χ4n) is 2.45. The Balaban J connectivity index is 2.09. The smallest absolute Gasteiger partial charge is 0.228 e. The molecule has 1 aliphatic rings. The largest absolute Gasteiger partial charge is 0.352 e. The zero-order valence-corrected chi connectivity index (χ0v) is 14.3. The molecule has 1 aliphatic heterocycles. The molecule has 0 radical (unpaired) electrons. The molecule has 1 aromatic rings. The second-order valence-corrected chi connectivity index (χ2v) is 7.26. The number of pyridine rings is 1. The first-order valence-corrected chi connectivity index (χ1v) is 7.94. The monoisotopic (exact) mass is 357 g/mol. The van der Waals surface area contributed by atoms with Gasteiger partial charge in [0.25, 0.3) is 0 Å². The highest BCUT2D eigenvalue weighted by molar-refractivity contribution is 9.10. The van der Waals surface area contributed by atoms with E-state index in [9.17, 15) is 9.18 Å². The number of nitrogens with zero attached hydrogens (tertiary/aromatic N) is 3. The van der Waals surface area contributed by atoms with Gasteiger partial charge in [-0.1, -0.05) is 20.8 Å². The predicted molar refractivity (Wildman–Crippen MR) is 84.8 cm³/mol. The van der Waals surface area contributed by atoms with Crippen molar-refractivity contribution >= 4 is 27.7 Å². The van der Waals surface area contributed by atoms with Crippen LogP contribution in [0.4, 0.5) is 10.2 Å². The number of hydrogen-bond acceptors (Lipinski definition) is 3. The molecule has 0 bridgehead atoms. The fourth-order valence-corrected chi connectivity index (χ4v) is 2.75. The van der Waals surface area contributed by atoms with E-state index >= 15 is 0 Å². The van der Waals surface area contributed by atoms with Crippen LogP contribution in [-0.4, -0.2) is 42.0 Å². The van der Waals surface area contributed by atoms with E-state index in [1.165, 1.54) is 6.07 Å². The number of carbonyl (C=O) groups is 1. The molecule has 1 amide bonds. The van der Waals surface area contributed by atoms with Gasteiger partial charge in [0.15, 0.2) is 11.6 Å². The van der Waals surface area contributed by atoms with Crippen molar-refractivity contribution in [3.8, 4) is 0 Å². The highest BCUT2D eigenvalue weighted by atomic mass is 79.9. The van der Waals surface area contributed by atoms with Gasteiger partial charge in [-0.15, -0.1) is 0 Å². The highest BCUT2D eigenvalue weighted by Gasteiger charge is 2.29. The zero-order chi connectivity index (χ0) is 15.6. The van der Waals surface area contributed by atoms with Gasteiger partial charge in [0, 0.05) is 42.3 Å². The SMILES string of the molecule is CC(C)(C)C(=O)N1CCCN(c2ncc(Br)cc2F)CC1. The van der Waals surface area contributed by atoms with Crippen molar-refractivity contribution in [2.75, 3.05) is 31.1 Å². The Hall–Kier alpha value is -1.17. The van der Waals surface area contributed by atoms with Crippen molar-refractivity contribution < 1.29 is 9.18 Å². The summed E-state index contributed by atoms with van der Waals surface area (Å²) < 4.78 is 14.6. The highest BCUT2D eigenvalue weighted by Crippen LogP contribution is 2.23. The normalized spacial score (nSPS) is 16.8. The summed E-state index contributed by atoms with van der Waals surface area (Å²) in [7, 11) is 0. The molecule has 2 rings (SSSR count). The predicted octanol–water partition coefficient (Wildman–Crippen LogP) is 3.07. The van der Waals surface area contributed by atoms with Gasteiger partial charge in [0.1, 0.15) is 0 Å². The summed E-state index contributed by atoms with van der Waals surface area (Å²) in [6, 6.07) is 1.42. The number of aromatic nitrogens is 1. The Morgan fingerprint density at radius 3 is 2.62 bits per heavy atom. The van der Waals surface area contributed by atoms with Crippen LogP contribution < -0.4 is 4.90 Å². The molecule has 0 N–H and O–H groups in total. The first kappa shape index (κ1) is 16.2. The molecule has 6 heteroatoms. The number of hydrogen-bond donors (Lipinski definition) is 0. The van der Waals surface area contributed by atoms with E-state index in [1.807, 2.05) is 30.6 Å². The van der Waals surface area contributed by atoms with E-state index in [-0.39, 0.29) is 17.1 Å². The lowest BCUT2D eigenvalue weighted by Crippen LogP contribution is -2.41. The molecule has 0 aromatic carbocycles. The van der Waals surface area contributed by atoms with Crippen molar-refractivity contribution in [1.82, 2.24) is 9.88 Å². The van der Waals surface area contributed by atoms with Gasteiger partial charge in [-0.25, -0.2) is 9.37 Å². The molecule has 0 spiro atoms.